The van der Waals surface area contributed by atoms with Gasteiger partial charge in [-0.05, 0) is 19.3 Å². The van der Waals surface area contributed by atoms with Gasteiger partial charge in [-0.25, -0.2) is 0 Å². The molecule has 0 aromatic carbocycles. The van der Waals surface area contributed by atoms with Crippen molar-refractivity contribution < 1.29 is 4.42 Å². The standard InChI is InChI=1S/C9H16N4O/c1-6-3-4-13(5-6)9-12-11-8(14-9)7(2)10/h6-7H,3-5,10H2,1-2H3. The summed E-state index contributed by atoms with van der Waals surface area (Å²) in [6, 6.07) is 0.429. The number of nitrogens with zero attached hydrogens (tertiary/aromatic N) is 3. The first kappa shape index (κ1) is 9.45. The molecule has 0 bridgehead atoms. The molecule has 0 spiro atoms. The highest BCUT2D eigenvalue weighted by Crippen LogP contribution is 2.23. The molecule has 5 nitrogen and oxygen atoms in total. The molecule has 1 saturated heterocycles. The lowest BCUT2D eigenvalue weighted by molar-refractivity contribution is 0.460. The number of hydrogen-bond donors (Lipinski definition) is 1. The highest BCUT2D eigenvalue weighted by Gasteiger charge is 2.23. The molecule has 2 atom stereocenters. The fraction of sp³-hybridized carbons (Fsp3) is 0.778. The quantitative estimate of drug-likeness (QED) is 0.762. The summed E-state index contributed by atoms with van der Waals surface area (Å²) in [6.07, 6.45) is 1.19. The van der Waals surface area contributed by atoms with E-state index in [1.165, 1.54) is 6.42 Å². The Labute approximate surface area is 83.3 Å². The van der Waals surface area contributed by atoms with Crippen LogP contribution in [-0.2, 0) is 0 Å². The van der Waals surface area contributed by atoms with E-state index < -0.39 is 0 Å². The van der Waals surface area contributed by atoms with Crippen molar-refractivity contribution >= 4 is 6.01 Å². The maximum atomic E-state index is 5.64. The van der Waals surface area contributed by atoms with Crippen LogP contribution in [0.15, 0.2) is 4.42 Å². The molecule has 2 rings (SSSR count). The Morgan fingerprint density at radius 3 is 2.86 bits per heavy atom. The summed E-state index contributed by atoms with van der Waals surface area (Å²) >= 11 is 0. The minimum absolute atomic E-state index is 0.184. The number of rotatable bonds is 2. The molecule has 1 aromatic rings. The van der Waals surface area contributed by atoms with Crippen molar-refractivity contribution in [2.45, 2.75) is 26.3 Å². The Morgan fingerprint density at radius 1 is 1.57 bits per heavy atom. The van der Waals surface area contributed by atoms with E-state index in [1.54, 1.807) is 0 Å². The van der Waals surface area contributed by atoms with Crippen molar-refractivity contribution in [1.82, 2.24) is 10.2 Å². The molecule has 1 fully saturated rings. The molecule has 78 valence electrons. The molecule has 14 heavy (non-hydrogen) atoms. The van der Waals surface area contributed by atoms with E-state index in [2.05, 4.69) is 22.0 Å². The third-order valence-corrected chi connectivity index (χ3v) is 2.51. The van der Waals surface area contributed by atoms with Crippen molar-refractivity contribution in [3.05, 3.63) is 5.89 Å². The van der Waals surface area contributed by atoms with E-state index in [4.69, 9.17) is 10.2 Å². The number of aromatic nitrogens is 2. The maximum absolute atomic E-state index is 5.64. The van der Waals surface area contributed by atoms with Crippen LogP contribution in [0.1, 0.15) is 32.2 Å². The van der Waals surface area contributed by atoms with Crippen molar-refractivity contribution in [2.24, 2.45) is 11.7 Å². The van der Waals surface area contributed by atoms with Crippen molar-refractivity contribution in [3.63, 3.8) is 0 Å². The van der Waals surface area contributed by atoms with Crippen molar-refractivity contribution in [1.29, 1.82) is 0 Å². The lowest BCUT2D eigenvalue weighted by Gasteiger charge is -2.10. The summed E-state index contributed by atoms with van der Waals surface area (Å²) in [5, 5.41) is 7.89. The number of hydrogen-bond acceptors (Lipinski definition) is 5. The minimum Gasteiger partial charge on any atom is -0.406 e. The van der Waals surface area contributed by atoms with E-state index in [1.807, 2.05) is 6.92 Å². The van der Waals surface area contributed by atoms with Gasteiger partial charge in [-0.15, -0.1) is 5.10 Å². The normalized spacial score (nSPS) is 24.2. The summed E-state index contributed by atoms with van der Waals surface area (Å²) in [5.74, 6) is 1.22. The van der Waals surface area contributed by atoms with Crippen LogP contribution in [0.25, 0.3) is 0 Å². The second-order valence-corrected chi connectivity index (χ2v) is 4.05. The van der Waals surface area contributed by atoms with Gasteiger partial charge in [0.05, 0.1) is 6.04 Å². The van der Waals surface area contributed by atoms with Gasteiger partial charge in [0.15, 0.2) is 0 Å². The Morgan fingerprint density at radius 2 is 2.36 bits per heavy atom. The van der Waals surface area contributed by atoms with E-state index in [-0.39, 0.29) is 6.04 Å². The topological polar surface area (TPSA) is 68.2 Å². The molecule has 2 heterocycles. The van der Waals surface area contributed by atoms with Crippen molar-refractivity contribution in [3.8, 4) is 0 Å². The molecule has 1 aliphatic heterocycles. The van der Waals surface area contributed by atoms with Crippen LogP contribution in [0, 0.1) is 5.92 Å². The molecule has 1 aromatic heterocycles. The highest BCUT2D eigenvalue weighted by molar-refractivity contribution is 5.26. The predicted molar refractivity (Wildman–Crippen MR) is 52.9 cm³/mol. The largest absolute Gasteiger partial charge is 0.406 e. The fourth-order valence-electron chi connectivity index (χ4n) is 1.65. The maximum Gasteiger partial charge on any atom is 0.318 e. The Kier molecular flexibility index (Phi) is 2.41. The molecular formula is C9H16N4O. The zero-order valence-corrected chi connectivity index (χ0v) is 8.60. The first-order valence-corrected chi connectivity index (χ1v) is 5.00. The van der Waals surface area contributed by atoms with Gasteiger partial charge in [-0.2, -0.15) is 0 Å². The summed E-state index contributed by atoms with van der Waals surface area (Å²) in [7, 11) is 0. The molecule has 0 saturated carbocycles. The Balaban J connectivity index is 2.09. The van der Waals surface area contributed by atoms with Gasteiger partial charge in [0.1, 0.15) is 0 Å². The third-order valence-electron chi connectivity index (χ3n) is 2.51. The van der Waals surface area contributed by atoms with Gasteiger partial charge in [0.2, 0.25) is 5.89 Å². The molecule has 0 radical (unpaired) electrons. The molecule has 1 aliphatic rings. The lowest BCUT2D eigenvalue weighted by atomic mass is 10.2. The summed E-state index contributed by atoms with van der Waals surface area (Å²) in [6.45, 7) is 6.06. The van der Waals surface area contributed by atoms with Crippen molar-refractivity contribution in [2.75, 3.05) is 18.0 Å². The number of nitrogens with two attached hydrogens (primary N) is 1. The smallest absolute Gasteiger partial charge is 0.318 e. The summed E-state index contributed by atoms with van der Waals surface area (Å²) in [4.78, 5) is 2.11. The van der Waals surface area contributed by atoms with Crippen LogP contribution in [0.5, 0.6) is 0 Å². The molecule has 5 heteroatoms. The first-order valence-electron chi connectivity index (χ1n) is 5.00. The van der Waals surface area contributed by atoms with Crippen LogP contribution in [-0.4, -0.2) is 23.3 Å². The van der Waals surface area contributed by atoms with Gasteiger partial charge < -0.3 is 15.1 Å². The second-order valence-electron chi connectivity index (χ2n) is 4.05. The van der Waals surface area contributed by atoms with Gasteiger partial charge >= 0.3 is 6.01 Å². The second kappa shape index (κ2) is 3.57. The minimum atomic E-state index is -0.184. The van der Waals surface area contributed by atoms with Crippen LogP contribution in [0.4, 0.5) is 6.01 Å². The van der Waals surface area contributed by atoms with Crippen LogP contribution >= 0.6 is 0 Å². The SMILES string of the molecule is CC1CCN(c2nnc(C(C)N)o2)C1. The summed E-state index contributed by atoms with van der Waals surface area (Å²) in [5.41, 5.74) is 5.64. The average Bonchev–Trinajstić information content (AvgIpc) is 2.70. The third kappa shape index (κ3) is 1.72. The van der Waals surface area contributed by atoms with Gasteiger partial charge in [0, 0.05) is 13.1 Å². The first-order chi connectivity index (χ1) is 6.66. The van der Waals surface area contributed by atoms with Gasteiger partial charge in [-0.3, -0.25) is 0 Å². The highest BCUT2D eigenvalue weighted by atomic mass is 16.4. The van der Waals surface area contributed by atoms with Crippen LogP contribution in [0.2, 0.25) is 0 Å². The van der Waals surface area contributed by atoms with Gasteiger partial charge in [0.25, 0.3) is 0 Å². The summed E-state index contributed by atoms with van der Waals surface area (Å²) < 4.78 is 5.46. The predicted octanol–water partition coefficient (Wildman–Crippen LogP) is 0.936. The van der Waals surface area contributed by atoms with Gasteiger partial charge in [-0.1, -0.05) is 12.0 Å². The lowest BCUT2D eigenvalue weighted by Crippen LogP contribution is -2.19. The Hall–Kier alpha value is -1.10. The van der Waals surface area contributed by atoms with E-state index >= 15 is 0 Å². The number of anilines is 1. The molecule has 2 N–H and O–H groups in total. The fourth-order valence-corrected chi connectivity index (χ4v) is 1.65. The Bertz CT molecular complexity index is 310. The molecule has 0 amide bonds. The molecule has 0 aliphatic carbocycles. The van der Waals surface area contributed by atoms with Crippen LogP contribution in [0.3, 0.4) is 0 Å². The van der Waals surface area contributed by atoms with E-state index in [9.17, 15) is 0 Å². The van der Waals surface area contributed by atoms with E-state index in [0.29, 0.717) is 17.8 Å². The van der Waals surface area contributed by atoms with E-state index in [0.717, 1.165) is 13.1 Å². The molecular weight excluding hydrogens is 180 g/mol. The van der Waals surface area contributed by atoms with Crippen LogP contribution < -0.4 is 10.6 Å². The zero-order valence-electron chi connectivity index (χ0n) is 8.60. The zero-order chi connectivity index (χ0) is 10.1. The molecule has 2 unspecified atom stereocenters. The monoisotopic (exact) mass is 196 g/mol. The average molecular weight is 196 g/mol.